The number of aliphatic hydroxyl groups is 3. The van der Waals surface area contributed by atoms with E-state index in [4.69, 9.17) is 19.3 Å². The van der Waals surface area contributed by atoms with E-state index < -0.39 is 66.9 Å². The minimum Gasteiger partial charge on any atom is -0.458 e. The number of fused-ring (bicyclic) bond motifs is 3. The Bertz CT molecular complexity index is 957. The molecule has 3 N–H and O–H groups in total. The van der Waals surface area contributed by atoms with Crippen molar-refractivity contribution in [2.75, 3.05) is 13.2 Å². The van der Waals surface area contributed by atoms with Crippen molar-refractivity contribution in [1.82, 2.24) is 0 Å². The molecule has 9 heteroatoms. The fraction of sp³-hybridized carbons (Fsp3) is 0.560. The van der Waals surface area contributed by atoms with E-state index in [9.17, 15) is 24.6 Å². The number of ether oxygens (including phenoxy) is 3. The predicted octanol–water partition coefficient (Wildman–Crippen LogP) is 1.28. The largest absolute Gasteiger partial charge is 0.458 e. The molecule has 9 nitrogen and oxygen atoms in total. The normalized spacial score (nSPS) is 35.3. The lowest BCUT2D eigenvalue weighted by Gasteiger charge is -2.37. The van der Waals surface area contributed by atoms with Gasteiger partial charge in [-0.2, -0.15) is 0 Å². The summed E-state index contributed by atoms with van der Waals surface area (Å²) in [5, 5.41) is 29.9. The lowest BCUT2D eigenvalue weighted by atomic mass is 9.78. The maximum atomic E-state index is 12.9. The number of hydrogen-bond donors (Lipinski definition) is 3. The summed E-state index contributed by atoms with van der Waals surface area (Å²) in [6.45, 7) is 7.92. The van der Waals surface area contributed by atoms with Crippen molar-refractivity contribution in [3.05, 3.63) is 47.1 Å². The summed E-state index contributed by atoms with van der Waals surface area (Å²) in [6.07, 6.45) is 2.66. The van der Waals surface area contributed by atoms with Crippen molar-refractivity contribution in [1.29, 1.82) is 0 Å². The van der Waals surface area contributed by atoms with Gasteiger partial charge in [-0.25, -0.2) is 14.4 Å². The van der Waals surface area contributed by atoms with Gasteiger partial charge in [0.05, 0.1) is 24.7 Å². The zero-order valence-electron chi connectivity index (χ0n) is 19.7. The standard InChI is InChI=1S/C25H32O9/c1-13(2)25(31)11-16-5-6-18(34-24(25)30)14(3)9-19-21(15(4)22(28)32-19)20(10-16)33-23(29)17(12-27)7-8-26/h5,7,9,13,18-21,26-27,31H,4,6,8,10-12H2,1-3H3/b14-9-,16-5-,17-7+/t18-,19+,20+,21-,25+/m0/s1. The molecule has 34 heavy (non-hydrogen) atoms. The molecule has 0 unspecified atom stereocenters. The first-order valence-corrected chi connectivity index (χ1v) is 11.3. The molecule has 0 radical (unpaired) electrons. The highest BCUT2D eigenvalue weighted by molar-refractivity contribution is 5.92. The summed E-state index contributed by atoms with van der Waals surface area (Å²) in [4.78, 5) is 38.1. The molecule has 0 saturated carbocycles. The zero-order valence-corrected chi connectivity index (χ0v) is 19.7. The molecular weight excluding hydrogens is 444 g/mol. The Balaban J connectivity index is 2.09. The molecule has 3 aliphatic rings. The molecule has 2 aliphatic heterocycles. The first-order valence-electron chi connectivity index (χ1n) is 11.3. The Morgan fingerprint density at radius 3 is 2.65 bits per heavy atom. The van der Waals surface area contributed by atoms with Crippen molar-refractivity contribution in [3.8, 4) is 0 Å². The van der Waals surface area contributed by atoms with Crippen LogP contribution in [0.2, 0.25) is 0 Å². The van der Waals surface area contributed by atoms with Gasteiger partial charge in [0, 0.05) is 24.8 Å². The third-order valence-electron chi connectivity index (χ3n) is 6.76. The van der Waals surface area contributed by atoms with Crippen LogP contribution in [0.5, 0.6) is 0 Å². The van der Waals surface area contributed by atoms with Crippen molar-refractivity contribution in [3.63, 3.8) is 0 Å². The first kappa shape index (κ1) is 25.9. The van der Waals surface area contributed by atoms with Crippen LogP contribution in [0.15, 0.2) is 47.1 Å². The highest BCUT2D eigenvalue weighted by atomic mass is 16.6. The van der Waals surface area contributed by atoms with Crippen LogP contribution in [0.1, 0.15) is 40.0 Å². The van der Waals surface area contributed by atoms with Crippen LogP contribution in [0, 0.1) is 11.8 Å². The van der Waals surface area contributed by atoms with E-state index in [0.29, 0.717) is 17.6 Å². The maximum Gasteiger partial charge on any atom is 0.339 e. The number of aliphatic hydroxyl groups excluding tert-OH is 2. The Morgan fingerprint density at radius 2 is 2.03 bits per heavy atom. The minimum absolute atomic E-state index is 0.0367. The van der Waals surface area contributed by atoms with E-state index in [0.717, 1.165) is 6.08 Å². The Labute approximate surface area is 198 Å². The summed E-state index contributed by atoms with van der Waals surface area (Å²) in [5.74, 6) is -3.40. The van der Waals surface area contributed by atoms with Crippen LogP contribution in [0.25, 0.3) is 0 Å². The van der Waals surface area contributed by atoms with Gasteiger partial charge in [0.25, 0.3) is 0 Å². The van der Waals surface area contributed by atoms with Crippen LogP contribution in [-0.2, 0) is 28.6 Å². The van der Waals surface area contributed by atoms with E-state index in [1.807, 2.05) is 6.08 Å². The summed E-state index contributed by atoms with van der Waals surface area (Å²) in [5.41, 5.74) is -0.504. The van der Waals surface area contributed by atoms with E-state index in [-0.39, 0.29) is 24.0 Å². The highest BCUT2D eigenvalue weighted by Gasteiger charge is 2.48. The SMILES string of the molecule is C=C1C(=O)O[C@@H]2/C=C(/C)[C@@H]3C/C=C(/C[C@@H](OC(=O)/C(=C/CO)CO)[C@@H]12)C[C@@](O)(C(C)C)C(=O)O3. The lowest BCUT2D eigenvalue weighted by Crippen LogP contribution is -2.48. The van der Waals surface area contributed by atoms with Crippen molar-refractivity contribution < 1.29 is 43.9 Å². The first-order chi connectivity index (χ1) is 16.0. The van der Waals surface area contributed by atoms with Gasteiger partial charge in [-0.1, -0.05) is 32.1 Å². The summed E-state index contributed by atoms with van der Waals surface area (Å²) in [7, 11) is 0. The van der Waals surface area contributed by atoms with E-state index >= 15 is 0 Å². The third-order valence-corrected chi connectivity index (χ3v) is 6.76. The molecule has 2 heterocycles. The summed E-state index contributed by atoms with van der Waals surface area (Å²) >= 11 is 0. The Kier molecular flexibility index (Phi) is 7.80. The van der Waals surface area contributed by atoms with Crippen LogP contribution in [0.4, 0.5) is 0 Å². The van der Waals surface area contributed by atoms with Crippen molar-refractivity contribution >= 4 is 17.9 Å². The molecule has 0 aromatic rings. The molecule has 0 aromatic heterocycles. The van der Waals surface area contributed by atoms with E-state index in [1.54, 1.807) is 26.8 Å². The van der Waals surface area contributed by atoms with E-state index in [1.165, 1.54) is 0 Å². The number of rotatable bonds is 5. The maximum absolute atomic E-state index is 12.9. The zero-order chi connectivity index (χ0) is 25.2. The topological polar surface area (TPSA) is 140 Å². The molecule has 0 spiro atoms. The highest BCUT2D eigenvalue weighted by Crippen LogP contribution is 2.40. The van der Waals surface area contributed by atoms with Gasteiger partial charge >= 0.3 is 17.9 Å². The second kappa shape index (κ2) is 10.2. The van der Waals surface area contributed by atoms with Crippen LogP contribution >= 0.6 is 0 Å². The molecular formula is C25H32O9. The fourth-order valence-electron chi connectivity index (χ4n) is 4.50. The van der Waals surface area contributed by atoms with Gasteiger partial charge in [-0.15, -0.1) is 0 Å². The van der Waals surface area contributed by atoms with Gasteiger partial charge < -0.3 is 29.5 Å². The molecule has 1 saturated heterocycles. The number of carbonyl (C=O) groups is 3. The van der Waals surface area contributed by atoms with Crippen LogP contribution < -0.4 is 0 Å². The summed E-state index contributed by atoms with van der Waals surface area (Å²) < 4.78 is 16.9. The Morgan fingerprint density at radius 1 is 1.32 bits per heavy atom. The predicted molar refractivity (Wildman–Crippen MR) is 120 cm³/mol. The molecule has 5 atom stereocenters. The Hall–Kier alpha value is -2.75. The molecule has 186 valence electrons. The molecule has 1 aliphatic carbocycles. The van der Waals surface area contributed by atoms with Crippen LogP contribution in [0.3, 0.4) is 0 Å². The molecule has 0 amide bonds. The van der Waals surface area contributed by atoms with Crippen molar-refractivity contribution in [2.24, 2.45) is 11.8 Å². The van der Waals surface area contributed by atoms with Gasteiger partial charge in [0.15, 0.2) is 5.60 Å². The lowest BCUT2D eigenvalue weighted by molar-refractivity contribution is -0.175. The van der Waals surface area contributed by atoms with Gasteiger partial charge in [0.1, 0.15) is 18.3 Å². The average molecular weight is 477 g/mol. The third kappa shape index (κ3) is 5.01. The van der Waals surface area contributed by atoms with Crippen LogP contribution in [-0.4, -0.2) is 70.4 Å². The number of carbonyl (C=O) groups excluding carboxylic acids is 3. The second-order valence-corrected chi connectivity index (χ2v) is 9.30. The average Bonchev–Trinajstić information content (AvgIpc) is 3.04. The van der Waals surface area contributed by atoms with E-state index in [2.05, 4.69) is 6.58 Å². The van der Waals surface area contributed by atoms with Gasteiger partial charge in [-0.05, 0) is 30.6 Å². The molecule has 1 fully saturated rings. The van der Waals surface area contributed by atoms with Gasteiger partial charge in [-0.3, -0.25) is 0 Å². The molecule has 2 bridgehead atoms. The fourth-order valence-corrected chi connectivity index (χ4v) is 4.50. The minimum atomic E-state index is -1.79. The summed E-state index contributed by atoms with van der Waals surface area (Å²) in [6, 6.07) is 0. The van der Waals surface area contributed by atoms with Crippen molar-refractivity contribution in [2.45, 2.75) is 63.9 Å². The monoisotopic (exact) mass is 476 g/mol. The quantitative estimate of drug-likeness (QED) is 0.232. The van der Waals surface area contributed by atoms with Gasteiger partial charge in [0.2, 0.25) is 0 Å². The second-order valence-electron chi connectivity index (χ2n) is 9.30. The smallest absolute Gasteiger partial charge is 0.339 e. The molecule has 0 aromatic carbocycles. The number of esters is 3. The molecule has 3 rings (SSSR count). The number of hydrogen-bond acceptors (Lipinski definition) is 9.